The summed E-state index contributed by atoms with van der Waals surface area (Å²) in [6, 6.07) is 14.3. The van der Waals surface area contributed by atoms with Crippen LogP contribution in [0.2, 0.25) is 5.02 Å². The lowest BCUT2D eigenvalue weighted by Crippen LogP contribution is -2.06. The zero-order valence-corrected chi connectivity index (χ0v) is 13.5. The van der Waals surface area contributed by atoms with Crippen molar-refractivity contribution < 1.29 is 9.15 Å². The summed E-state index contributed by atoms with van der Waals surface area (Å²) in [5, 5.41) is 10.4. The standard InChI is InChI=1S/C19H12ClNO3/c1-23-14-4-2-3-12(9-14)5-7-15-16-10-13(20)6-8-18(16)24-19(22)17(15)11-21/h2-10H,1H3/b7-5+. The zero-order valence-electron chi connectivity index (χ0n) is 12.7. The van der Waals surface area contributed by atoms with Crippen LogP contribution in [0.3, 0.4) is 0 Å². The van der Waals surface area contributed by atoms with Crippen LogP contribution in [-0.2, 0) is 0 Å². The van der Waals surface area contributed by atoms with E-state index in [0.717, 1.165) is 11.3 Å². The second kappa shape index (κ2) is 6.61. The molecule has 0 fully saturated rings. The highest BCUT2D eigenvalue weighted by molar-refractivity contribution is 6.31. The van der Waals surface area contributed by atoms with Gasteiger partial charge < -0.3 is 9.15 Å². The Morgan fingerprint density at radius 3 is 2.79 bits per heavy atom. The van der Waals surface area contributed by atoms with Gasteiger partial charge in [0.1, 0.15) is 23.0 Å². The molecule has 3 rings (SSSR count). The fourth-order valence-electron chi connectivity index (χ4n) is 2.40. The fourth-order valence-corrected chi connectivity index (χ4v) is 2.57. The van der Waals surface area contributed by atoms with Crippen molar-refractivity contribution in [2.75, 3.05) is 7.11 Å². The first-order chi connectivity index (χ1) is 11.6. The topological polar surface area (TPSA) is 63.2 Å². The number of ether oxygens (including phenoxy) is 1. The average molecular weight is 338 g/mol. The van der Waals surface area contributed by atoms with Crippen molar-refractivity contribution >= 4 is 34.7 Å². The quantitative estimate of drug-likeness (QED) is 0.660. The van der Waals surface area contributed by atoms with Gasteiger partial charge in [0.05, 0.1) is 7.11 Å². The molecule has 0 amide bonds. The monoisotopic (exact) mass is 337 g/mol. The minimum Gasteiger partial charge on any atom is -0.497 e. The number of fused-ring (bicyclic) bond motifs is 1. The van der Waals surface area contributed by atoms with E-state index in [-0.39, 0.29) is 5.56 Å². The van der Waals surface area contributed by atoms with Crippen LogP contribution in [0.4, 0.5) is 0 Å². The maximum absolute atomic E-state index is 12.0. The van der Waals surface area contributed by atoms with Gasteiger partial charge in [-0.2, -0.15) is 5.26 Å². The van der Waals surface area contributed by atoms with Gasteiger partial charge >= 0.3 is 5.63 Å². The van der Waals surface area contributed by atoms with Crippen molar-refractivity contribution in [2.24, 2.45) is 0 Å². The molecular weight excluding hydrogens is 326 g/mol. The largest absolute Gasteiger partial charge is 0.497 e. The molecule has 0 aliphatic carbocycles. The number of rotatable bonds is 3. The minimum atomic E-state index is -0.669. The van der Waals surface area contributed by atoms with Gasteiger partial charge in [0.2, 0.25) is 0 Å². The molecule has 0 unspecified atom stereocenters. The van der Waals surface area contributed by atoms with Crippen molar-refractivity contribution in [3.63, 3.8) is 0 Å². The first kappa shape index (κ1) is 15.9. The molecule has 4 nitrogen and oxygen atoms in total. The highest BCUT2D eigenvalue weighted by Crippen LogP contribution is 2.25. The lowest BCUT2D eigenvalue weighted by molar-refractivity contribution is 0.414. The molecule has 2 aromatic carbocycles. The normalized spacial score (nSPS) is 10.9. The van der Waals surface area contributed by atoms with Crippen molar-refractivity contribution in [1.82, 2.24) is 0 Å². The van der Waals surface area contributed by atoms with E-state index in [9.17, 15) is 10.1 Å². The van der Waals surface area contributed by atoms with Crippen LogP contribution in [-0.4, -0.2) is 7.11 Å². The predicted molar refractivity (Wildman–Crippen MR) is 94.1 cm³/mol. The second-order valence-corrected chi connectivity index (χ2v) is 5.48. The molecule has 1 aromatic heterocycles. The molecule has 0 saturated heterocycles. The highest BCUT2D eigenvalue weighted by atomic mass is 35.5. The summed E-state index contributed by atoms with van der Waals surface area (Å²) in [5.74, 6) is 0.720. The SMILES string of the molecule is COc1cccc(/C=C/c2c(C#N)c(=O)oc3ccc(Cl)cc23)c1. The number of benzene rings is 2. The van der Waals surface area contributed by atoms with Crippen molar-refractivity contribution in [3.05, 3.63) is 74.6 Å². The van der Waals surface area contributed by atoms with Gasteiger partial charge in [0.15, 0.2) is 0 Å². The Morgan fingerprint density at radius 2 is 2.04 bits per heavy atom. The van der Waals surface area contributed by atoms with Crippen LogP contribution in [0.25, 0.3) is 23.1 Å². The number of nitrogens with zero attached hydrogens (tertiary/aromatic N) is 1. The lowest BCUT2D eigenvalue weighted by atomic mass is 10.0. The van der Waals surface area contributed by atoms with E-state index < -0.39 is 5.63 Å². The molecule has 24 heavy (non-hydrogen) atoms. The van der Waals surface area contributed by atoms with Gasteiger partial charge in [-0.25, -0.2) is 4.79 Å². The fraction of sp³-hybridized carbons (Fsp3) is 0.0526. The van der Waals surface area contributed by atoms with Crippen LogP contribution >= 0.6 is 11.6 Å². The summed E-state index contributed by atoms with van der Waals surface area (Å²) in [7, 11) is 1.59. The second-order valence-electron chi connectivity index (χ2n) is 5.04. The van der Waals surface area contributed by atoms with E-state index >= 15 is 0 Å². The average Bonchev–Trinajstić information content (AvgIpc) is 2.60. The van der Waals surface area contributed by atoms with Gasteiger partial charge in [-0.15, -0.1) is 0 Å². The molecule has 0 spiro atoms. The Labute approximate surface area is 143 Å². The predicted octanol–water partition coefficient (Wildman–Crippen LogP) is 4.50. The third kappa shape index (κ3) is 3.03. The molecule has 118 valence electrons. The minimum absolute atomic E-state index is 0.0519. The number of hydrogen-bond acceptors (Lipinski definition) is 4. The molecule has 1 heterocycles. The molecule has 0 bridgehead atoms. The number of methoxy groups -OCH3 is 1. The number of hydrogen-bond donors (Lipinski definition) is 0. The third-order valence-electron chi connectivity index (χ3n) is 3.56. The van der Waals surface area contributed by atoms with Crippen molar-refractivity contribution in [1.29, 1.82) is 5.26 Å². The number of halogens is 1. The lowest BCUT2D eigenvalue weighted by Gasteiger charge is -2.04. The van der Waals surface area contributed by atoms with Gasteiger partial charge in [-0.05, 0) is 35.9 Å². The summed E-state index contributed by atoms with van der Waals surface area (Å²) in [6.45, 7) is 0. The first-order valence-electron chi connectivity index (χ1n) is 7.11. The van der Waals surface area contributed by atoms with E-state index in [1.165, 1.54) is 0 Å². The van der Waals surface area contributed by atoms with E-state index in [4.69, 9.17) is 20.8 Å². The molecule has 0 radical (unpaired) electrons. The van der Waals surface area contributed by atoms with Crippen LogP contribution in [0.15, 0.2) is 51.7 Å². The summed E-state index contributed by atoms with van der Waals surface area (Å²) >= 11 is 6.04. The molecule has 0 atom stereocenters. The summed E-state index contributed by atoms with van der Waals surface area (Å²) in [4.78, 5) is 12.0. The zero-order chi connectivity index (χ0) is 17.1. The summed E-state index contributed by atoms with van der Waals surface area (Å²) in [6.07, 6.45) is 3.52. The molecule has 0 aliphatic rings. The van der Waals surface area contributed by atoms with E-state index in [1.807, 2.05) is 30.3 Å². The molecule has 0 N–H and O–H groups in total. The summed E-state index contributed by atoms with van der Waals surface area (Å²) in [5.41, 5.74) is 1.02. The maximum atomic E-state index is 12.0. The highest BCUT2D eigenvalue weighted by Gasteiger charge is 2.12. The Bertz CT molecular complexity index is 1040. The Kier molecular flexibility index (Phi) is 4.37. The molecule has 0 aliphatic heterocycles. The van der Waals surface area contributed by atoms with E-state index in [0.29, 0.717) is 21.6 Å². The van der Waals surface area contributed by atoms with Crippen LogP contribution < -0.4 is 10.4 Å². The third-order valence-corrected chi connectivity index (χ3v) is 3.79. The van der Waals surface area contributed by atoms with Crippen molar-refractivity contribution in [2.45, 2.75) is 0 Å². The molecule has 0 saturated carbocycles. The first-order valence-corrected chi connectivity index (χ1v) is 7.49. The number of nitriles is 1. The van der Waals surface area contributed by atoms with Crippen molar-refractivity contribution in [3.8, 4) is 11.8 Å². The molecule has 5 heteroatoms. The summed E-state index contributed by atoms with van der Waals surface area (Å²) < 4.78 is 10.4. The molecular formula is C19H12ClNO3. The Balaban J connectivity index is 2.20. The maximum Gasteiger partial charge on any atom is 0.354 e. The van der Waals surface area contributed by atoms with Gasteiger partial charge in [0.25, 0.3) is 0 Å². The Morgan fingerprint density at radius 1 is 1.21 bits per heavy atom. The molecule has 3 aromatic rings. The van der Waals surface area contributed by atoms with Crippen LogP contribution in [0, 0.1) is 11.3 Å². The Hall–Kier alpha value is -3.03. The van der Waals surface area contributed by atoms with E-state index in [2.05, 4.69) is 0 Å². The van der Waals surface area contributed by atoms with Gasteiger partial charge in [-0.3, -0.25) is 0 Å². The van der Waals surface area contributed by atoms with E-state index in [1.54, 1.807) is 37.5 Å². The van der Waals surface area contributed by atoms with Gasteiger partial charge in [0, 0.05) is 16.0 Å². The van der Waals surface area contributed by atoms with Gasteiger partial charge in [-0.1, -0.05) is 35.9 Å². The van der Waals surface area contributed by atoms with Crippen LogP contribution in [0.1, 0.15) is 16.7 Å². The van der Waals surface area contributed by atoms with Crippen LogP contribution in [0.5, 0.6) is 5.75 Å². The smallest absolute Gasteiger partial charge is 0.354 e.